The Morgan fingerprint density at radius 2 is 2.21 bits per heavy atom. The highest BCUT2D eigenvalue weighted by Gasteiger charge is 2.23. The van der Waals surface area contributed by atoms with Crippen molar-refractivity contribution in [2.75, 3.05) is 26.4 Å². The standard InChI is InChI=1S/C21H24N4O3/c1-2-20(26)24(15-19-16-27-11-12-28-19)13-18-14-25(10-6-9-22)23-21(18)17-7-4-3-5-8-17/h2-5,7-8,14,19H,1,6,10-13,15-16H2. The molecule has 1 aliphatic rings. The van der Waals surface area contributed by atoms with Crippen molar-refractivity contribution >= 4 is 5.91 Å². The molecule has 1 amide bonds. The maximum Gasteiger partial charge on any atom is 0.246 e. The predicted octanol–water partition coefficient (Wildman–Crippen LogP) is 2.39. The smallest absolute Gasteiger partial charge is 0.246 e. The van der Waals surface area contributed by atoms with E-state index in [1.165, 1.54) is 6.08 Å². The molecule has 1 aromatic carbocycles. The molecule has 1 atom stereocenters. The molecule has 0 aliphatic carbocycles. The van der Waals surface area contributed by atoms with Gasteiger partial charge in [0.25, 0.3) is 0 Å². The number of nitrogens with zero attached hydrogens (tertiary/aromatic N) is 4. The fraction of sp³-hybridized carbons (Fsp3) is 0.381. The first-order valence-corrected chi connectivity index (χ1v) is 9.30. The molecule has 3 rings (SSSR count). The summed E-state index contributed by atoms with van der Waals surface area (Å²) in [4.78, 5) is 14.2. The molecule has 0 spiro atoms. The van der Waals surface area contributed by atoms with Crippen LogP contribution < -0.4 is 0 Å². The van der Waals surface area contributed by atoms with Crippen LogP contribution in [-0.4, -0.2) is 53.1 Å². The molecule has 0 N–H and O–H groups in total. The van der Waals surface area contributed by atoms with Gasteiger partial charge >= 0.3 is 0 Å². The van der Waals surface area contributed by atoms with Gasteiger partial charge in [0.15, 0.2) is 0 Å². The summed E-state index contributed by atoms with van der Waals surface area (Å²) in [7, 11) is 0. The fourth-order valence-electron chi connectivity index (χ4n) is 3.15. The van der Waals surface area contributed by atoms with Gasteiger partial charge in [0, 0.05) is 30.4 Å². The first kappa shape index (κ1) is 19.8. The normalized spacial score (nSPS) is 16.3. The maximum absolute atomic E-state index is 12.5. The molecule has 146 valence electrons. The number of carbonyl (C=O) groups is 1. The third-order valence-electron chi connectivity index (χ3n) is 4.49. The second-order valence-corrected chi connectivity index (χ2v) is 6.53. The van der Waals surface area contributed by atoms with Crippen LogP contribution in [0.4, 0.5) is 0 Å². The van der Waals surface area contributed by atoms with Gasteiger partial charge in [0.2, 0.25) is 5.91 Å². The van der Waals surface area contributed by atoms with Crippen molar-refractivity contribution in [3.63, 3.8) is 0 Å². The van der Waals surface area contributed by atoms with Crippen molar-refractivity contribution in [2.45, 2.75) is 25.6 Å². The fourth-order valence-corrected chi connectivity index (χ4v) is 3.15. The lowest BCUT2D eigenvalue weighted by Gasteiger charge is -2.29. The van der Waals surface area contributed by atoms with Crippen LogP contribution in [-0.2, 0) is 27.4 Å². The lowest BCUT2D eigenvalue weighted by molar-refractivity contribution is -0.134. The van der Waals surface area contributed by atoms with E-state index in [0.717, 1.165) is 16.8 Å². The number of nitriles is 1. The van der Waals surface area contributed by atoms with E-state index in [1.54, 1.807) is 9.58 Å². The van der Waals surface area contributed by atoms with Crippen molar-refractivity contribution in [3.05, 3.63) is 54.7 Å². The average molecular weight is 380 g/mol. The van der Waals surface area contributed by atoms with Gasteiger partial charge in [-0.1, -0.05) is 36.9 Å². The Labute approximate surface area is 164 Å². The topological polar surface area (TPSA) is 80.4 Å². The highest BCUT2D eigenvalue weighted by Crippen LogP contribution is 2.24. The van der Waals surface area contributed by atoms with Gasteiger partial charge < -0.3 is 14.4 Å². The molecule has 0 radical (unpaired) electrons. The van der Waals surface area contributed by atoms with Gasteiger partial charge in [-0.15, -0.1) is 0 Å². The summed E-state index contributed by atoms with van der Waals surface area (Å²) in [5, 5.41) is 13.5. The van der Waals surface area contributed by atoms with E-state index in [2.05, 4.69) is 17.7 Å². The molecule has 0 bridgehead atoms. The van der Waals surface area contributed by atoms with Crippen LogP contribution in [0.15, 0.2) is 49.2 Å². The Kier molecular flexibility index (Phi) is 6.95. The van der Waals surface area contributed by atoms with E-state index in [-0.39, 0.29) is 12.0 Å². The van der Waals surface area contributed by atoms with Gasteiger partial charge in [-0.25, -0.2) is 0 Å². The zero-order valence-electron chi connectivity index (χ0n) is 15.8. The minimum atomic E-state index is -0.169. The van der Waals surface area contributed by atoms with Crippen molar-refractivity contribution in [1.82, 2.24) is 14.7 Å². The van der Waals surface area contributed by atoms with Gasteiger partial charge in [0.1, 0.15) is 0 Å². The Balaban J connectivity index is 1.85. The molecule has 0 saturated carbocycles. The lowest BCUT2D eigenvalue weighted by Crippen LogP contribution is -2.41. The van der Waals surface area contributed by atoms with Crippen LogP contribution >= 0.6 is 0 Å². The number of ether oxygens (including phenoxy) is 2. The van der Waals surface area contributed by atoms with Crippen molar-refractivity contribution in [1.29, 1.82) is 5.26 Å². The van der Waals surface area contributed by atoms with Crippen molar-refractivity contribution in [3.8, 4) is 17.3 Å². The van der Waals surface area contributed by atoms with Crippen LogP contribution in [0.2, 0.25) is 0 Å². The van der Waals surface area contributed by atoms with Crippen molar-refractivity contribution in [2.24, 2.45) is 0 Å². The number of aryl methyl sites for hydroxylation is 1. The summed E-state index contributed by atoms with van der Waals surface area (Å²) in [6, 6.07) is 12.0. The SMILES string of the molecule is C=CC(=O)N(Cc1cn(CCC#N)nc1-c1ccccc1)CC1COCCO1. The van der Waals surface area contributed by atoms with E-state index in [1.807, 2.05) is 36.5 Å². The van der Waals surface area contributed by atoms with Gasteiger partial charge in [-0.3, -0.25) is 9.48 Å². The number of amides is 1. The number of hydrogen-bond acceptors (Lipinski definition) is 5. The van der Waals surface area contributed by atoms with Crippen LogP contribution in [0.5, 0.6) is 0 Å². The molecule has 2 aromatic rings. The Hall–Kier alpha value is -2.95. The second-order valence-electron chi connectivity index (χ2n) is 6.53. The highest BCUT2D eigenvalue weighted by atomic mass is 16.6. The molecule has 1 aliphatic heterocycles. The van der Waals surface area contributed by atoms with E-state index >= 15 is 0 Å². The van der Waals surface area contributed by atoms with Crippen LogP contribution in [0.25, 0.3) is 11.3 Å². The number of rotatable bonds is 8. The Bertz CT molecular complexity index is 835. The number of aromatic nitrogens is 2. The summed E-state index contributed by atoms with van der Waals surface area (Å²) in [5.74, 6) is -0.169. The van der Waals surface area contributed by atoms with Gasteiger partial charge in [0.05, 0.1) is 50.7 Å². The van der Waals surface area contributed by atoms with E-state index < -0.39 is 0 Å². The van der Waals surface area contributed by atoms with Gasteiger partial charge in [-0.05, 0) is 6.08 Å². The zero-order chi connectivity index (χ0) is 19.8. The van der Waals surface area contributed by atoms with E-state index in [4.69, 9.17) is 14.7 Å². The summed E-state index contributed by atoms with van der Waals surface area (Å²) < 4.78 is 12.9. The number of hydrogen-bond donors (Lipinski definition) is 0. The lowest BCUT2D eigenvalue weighted by atomic mass is 10.1. The minimum absolute atomic E-state index is 0.161. The molecule has 7 heteroatoms. The molecular formula is C21H24N4O3. The monoisotopic (exact) mass is 380 g/mol. The zero-order valence-corrected chi connectivity index (χ0v) is 15.8. The summed E-state index contributed by atoms with van der Waals surface area (Å²) >= 11 is 0. The first-order chi connectivity index (χ1) is 13.7. The third kappa shape index (κ3) is 5.06. The number of benzene rings is 1. The Morgan fingerprint density at radius 3 is 2.89 bits per heavy atom. The maximum atomic E-state index is 12.5. The molecule has 7 nitrogen and oxygen atoms in total. The molecule has 2 heterocycles. The summed E-state index contributed by atoms with van der Waals surface area (Å²) in [5.41, 5.74) is 2.69. The number of carbonyl (C=O) groups excluding carboxylic acids is 1. The minimum Gasteiger partial charge on any atom is -0.376 e. The largest absolute Gasteiger partial charge is 0.376 e. The summed E-state index contributed by atoms with van der Waals surface area (Å²) in [6.45, 7) is 6.50. The second kappa shape index (κ2) is 9.83. The summed E-state index contributed by atoms with van der Waals surface area (Å²) in [6.07, 6.45) is 3.43. The van der Waals surface area contributed by atoms with Crippen LogP contribution in [0, 0.1) is 11.3 Å². The molecule has 1 saturated heterocycles. The van der Waals surface area contributed by atoms with Crippen LogP contribution in [0.1, 0.15) is 12.0 Å². The highest BCUT2D eigenvalue weighted by molar-refractivity contribution is 5.87. The Morgan fingerprint density at radius 1 is 1.39 bits per heavy atom. The average Bonchev–Trinajstić information content (AvgIpc) is 3.15. The third-order valence-corrected chi connectivity index (χ3v) is 4.49. The van der Waals surface area contributed by atoms with E-state index in [9.17, 15) is 4.79 Å². The molecule has 1 aromatic heterocycles. The predicted molar refractivity (Wildman–Crippen MR) is 104 cm³/mol. The quantitative estimate of drug-likeness (QED) is 0.657. The van der Waals surface area contributed by atoms with E-state index in [0.29, 0.717) is 45.9 Å². The van der Waals surface area contributed by atoms with Gasteiger partial charge in [-0.2, -0.15) is 10.4 Å². The van der Waals surface area contributed by atoms with Crippen molar-refractivity contribution < 1.29 is 14.3 Å². The molecule has 1 fully saturated rings. The first-order valence-electron chi connectivity index (χ1n) is 9.30. The molecular weight excluding hydrogens is 356 g/mol. The van der Waals surface area contributed by atoms with Crippen LogP contribution in [0.3, 0.4) is 0 Å². The molecule has 28 heavy (non-hydrogen) atoms. The molecule has 1 unspecified atom stereocenters.